The van der Waals surface area contributed by atoms with Crippen molar-refractivity contribution in [2.24, 2.45) is 0 Å². The number of hydrogen-bond donors (Lipinski definition) is 0. The average molecular weight is 291 g/mol. The molecular weight excluding hydrogens is 278 g/mol. The van der Waals surface area contributed by atoms with Gasteiger partial charge in [0.2, 0.25) is 5.78 Å². The van der Waals surface area contributed by atoms with Crippen molar-refractivity contribution >= 4 is 11.6 Å². The Labute approximate surface area is 127 Å². The number of rotatable bonds is 2. The number of carbonyl (C=O) groups is 2. The van der Waals surface area contributed by atoms with Crippen LogP contribution in [-0.2, 0) is 0 Å². The third-order valence-electron chi connectivity index (χ3n) is 4.10. The molecule has 0 fully saturated rings. The molecule has 1 aliphatic carbocycles. The summed E-state index contributed by atoms with van der Waals surface area (Å²) >= 11 is 0. The fourth-order valence-corrected chi connectivity index (χ4v) is 2.85. The molecule has 1 unspecified atom stereocenters. The largest absolute Gasteiger partial charge is 0.455 e. The highest BCUT2D eigenvalue weighted by atomic mass is 16.4. The van der Waals surface area contributed by atoms with Crippen LogP contribution in [0.4, 0.5) is 0 Å². The van der Waals surface area contributed by atoms with Crippen LogP contribution in [-0.4, -0.2) is 16.1 Å². The summed E-state index contributed by atoms with van der Waals surface area (Å²) in [6.07, 6.45) is 3.84. The topological polar surface area (TPSA) is 52.2 Å². The highest BCUT2D eigenvalue weighted by molar-refractivity contribution is 6.27. The minimum Gasteiger partial charge on any atom is -0.455 e. The zero-order chi connectivity index (χ0) is 15.3. The zero-order valence-corrected chi connectivity index (χ0v) is 11.9. The van der Waals surface area contributed by atoms with Gasteiger partial charge in [-0.15, -0.1) is 0 Å². The Bertz CT molecular complexity index is 834. The van der Waals surface area contributed by atoms with E-state index in [2.05, 4.69) is 0 Å². The molecule has 108 valence electrons. The molecule has 0 amide bonds. The molecule has 3 aromatic rings. The molecule has 0 aliphatic heterocycles. The van der Waals surface area contributed by atoms with Gasteiger partial charge in [0.15, 0.2) is 11.5 Å². The molecule has 1 atom stereocenters. The number of carbonyl (C=O) groups excluding carboxylic acids is 2. The summed E-state index contributed by atoms with van der Waals surface area (Å²) in [5.41, 5.74) is 1.22. The first kappa shape index (κ1) is 12.8. The van der Waals surface area contributed by atoms with Crippen molar-refractivity contribution in [3.63, 3.8) is 0 Å². The van der Waals surface area contributed by atoms with Crippen LogP contribution in [0, 0.1) is 0 Å². The van der Waals surface area contributed by atoms with E-state index in [0.29, 0.717) is 22.5 Å². The van der Waals surface area contributed by atoms with Gasteiger partial charge < -0.3 is 8.98 Å². The molecule has 0 saturated heterocycles. The summed E-state index contributed by atoms with van der Waals surface area (Å²) in [6, 6.07) is 12.3. The van der Waals surface area contributed by atoms with Gasteiger partial charge >= 0.3 is 0 Å². The monoisotopic (exact) mass is 291 g/mol. The normalized spacial score (nSPS) is 14.6. The summed E-state index contributed by atoms with van der Waals surface area (Å²) in [4.78, 5) is 25.1. The molecule has 0 N–H and O–H groups in total. The van der Waals surface area contributed by atoms with E-state index in [4.69, 9.17) is 4.42 Å². The first-order valence-corrected chi connectivity index (χ1v) is 7.11. The fraction of sp³-hybridized carbons (Fsp3) is 0.111. The van der Waals surface area contributed by atoms with E-state index in [-0.39, 0.29) is 23.4 Å². The number of aromatic nitrogens is 1. The molecule has 4 rings (SSSR count). The Morgan fingerprint density at radius 3 is 2.23 bits per heavy atom. The molecule has 4 nitrogen and oxygen atoms in total. The maximum absolute atomic E-state index is 12.6. The number of furan rings is 1. The van der Waals surface area contributed by atoms with Crippen LogP contribution >= 0.6 is 0 Å². The van der Waals surface area contributed by atoms with Gasteiger partial charge in [0.05, 0.1) is 11.6 Å². The van der Waals surface area contributed by atoms with Gasteiger partial charge in [-0.1, -0.05) is 24.3 Å². The molecule has 2 aromatic heterocycles. The fourth-order valence-electron chi connectivity index (χ4n) is 2.85. The van der Waals surface area contributed by atoms with Crippen molar-refractivity contribution < 1.29 is 14.0 Å². The lowest BCUT2D eigenvalue weighted by Crippen LogP contribution is -2.18. The molecule has 0 saturated carbocycles. The third kappa shape index (κ3) is 1.70. The van der Waals surface area contributed by atoms with E-state index in [9.17, 15) is 9.59 Å². The quantitative estimate of drug-likeness (QED) is 0.568. The minimum atomic E-state index is -0.226. The highest BCUT2D eigenvalue weighted by Crippen LogP contribution is 2.32. The van der Waals surface area contributed by atoms with E-state index >= 15 is 0 Å². The Kier molecular flexibility index (Phi) is 2.66. The van der Waals surface area contributed by atoms with Crippen LogP contribution in [0.1, 0.15) is 50.8 Å². The number of nitrogens with zero attached hydrogens (tertiary/aromatic N) is 1. The van der Waals surface area contributed by atoms with E-state index in [1.807, 2.05) is 36.0 Å². The van der Waals surface area contributed by atoms with Gasteiger partial charge in [0, 0.05) is 23.5 Å². The smallest absolute Gasteiger partial charge is 0.229 e. The van der Waals surface area contributed by atoms with E-state index in [1.165, 1.54) is 0 Å². The Balaban J connectivity index is 1.83. The minimum absolute atomic E-state index is 0.0793. The molecule has 22 heavy (non-hydrogen) atoms. The predicted octanol–water partition coefficient (Wildman–Crippen LogP) is 3.47. The maximum Gasteiger partial charge on any atom is 0.229 e. The summed E-state index contributed by atoms with van der Waals surface area (Å²) in [6.45, 7) is 1.96. The van der Waals surface area contributed by atoms with Crippen LogP contribution < -0.4 is 0 Å². The van der Waals surface area contributed by atoms with Gasteiger partial charge in [-0.3, -0.25) is 9.59 Å². The van der Waals surface area contributed by atoms with E-state index in [1.54, 1.807) is 30.3 Å². The second-order valence-electron chi connectivity index (χ2n) is 5.40. The molecule has 0 radical (unpaired) electrons. The SMILES string of the molecule is CC(c1cc2c(o1)C(=O)c1ccccc1C2=O)n1cccc1. The van der Waals surface area contributed by atoms with Crippen molar-refractivity contribution in [3.8, 4) is 0 Å². The lowest BCUT2D eigenvalue weighted by molar-refractivity contribution is 0.0959. The second kappa shape index (κ2) is 4.56. The van der Waals surface area contributed by atoms with Gasteiger partial charge in [-0.05, 0) is 25.1 Å². The molecule has 0 bridgehead atoms. The summed E-state index contributed by atoms with van der Waals surface area (Å²) in [5.74, 6) is 0.379. The van der Waals surface area contributed by atoms with Crippen LogP contribution in [0.3, 0.4) is 0 Å². The number of ketones is 2. The molecule has 4 heteroatoms. The predicted molar refractivity (Wildman–Crippen MR) is 80.3 cm³/mol. The lowest BCUT2D eigenvalue weighted by Gasteiger charge is -2.12. The number of hydrogen-bond acceptors (Lipinski definition) is 3. The van der Waals surface area contributed by atoms with Gasteiger partial charge in [0.1, 0.15) is 5.76 Å². The Hall–Kier alpha value is -2.88. The van der Waals surface area contributed by atoms with Crippen LogP contribution in [0.15, 0.2) is 59.3 Å². The second-order valence-corrected chi connectivity index (χ2v) is 5.40. The zero-order valence-electron chi connectivity index (χ0n) is 11.9. The molecular formula is C18H13NO3. The van der Waals surface area contributed by atoms with Crippen molar-refractivity contribution in [3.05, 3.63) is 83.1 Å². The summed E-state index contributed by atoms with van der Waals surface area (Å²) < 4.78 is 7.70. The summed E-state index contributed by atoms with van der Waals surface area (Å²) in [7, 11) is 0. The average Bonchev–Trinajstić information content (AvgIpc) is 3.21. The number of benzene rings is 1. The molecule has 0 spiro atoms. The third-order valence-corrected chi connectivity index (χ3v) is 4.10. The molecule has 1 aliphatic rings. The van der Waals surface area contributed by atoms with Crippen molar-refractivity contribution in [2.75, 3.05) is 0 Å². The van der Waals surface area contributed by atoms with Crippen molar-refractivity contribution in [1.82, 2.24) is 4.57 Å². The lowest BCUT2D eigenvalue weighted by atomic mass is 9.88. The highest BCUT2D eigenvalue weighted by Gasteiger charge is 2.34. The summed E-state index contributed by atoms with van der Waals surface area (Å²) in [5, 5.41) is 0. The Morgan fingerprint density at radius 1 is 0.909 bits per heavy atom. The number of fused-ring (bicyclic) bond motifs is 2. The van der Waals surface area contributed by atoms with Gasteiger partial charge in [-0.2, -0.15) is 0 Å². The standard InChI is InChI=1S/C18H13NO3/c1-11(19-8-4-5-9-19)15-10-14-16(20)12-6-2-3-7-13(12)17(21)18(14)22-15/h2-11H,1H3. The first-order valence-electron chi connectivity index (χ1n) is 7.11. The van der Waals surface area contributed by atoms with Gasteiger partial charge in [-0.25, -0.2) is 0 Å². The Morgan fingerprint density at radius 2 is 1.55 bits per heavy atom. The first-order chi connectivity index (χ1) is 10.7. The van der Waals surface area contributed by atoms with Crippen LogP contribution in [0.25, 0.3) is 0 Å². The van der Waals surface area contributed by atoms with Crippen molar-refractivity contribution in [1.29, 1.82) is 0 Å². The van der Waals surface area contributed by atoms with E-state index in [0.717, 1.165) is 0 Å². The molecule has 1 aromatic carbocycles. The van der Waals surface area contributed by atoms with E-state index < -0.39 is 0 Å². The maximum atomic E-state index is 12.6. The molecule has 2 heterocycles. The van der Waals surface area contributed by atoms with Gasteiger partial charge in [0.25, 0.3) is 0 Å². The van der Waals surface area contributed by atoms with Crippen molar-refractivity contribution in [2.45, 2.75) is 13.0 Å². The van der Waals surface area contributed by atoms with Crippen LogP contribution in [0.2, 0.25) is 0 Å². The van der Waals surface area contributed by atoms with Crippen LogP contribution in [0.5, 0.6) is 0 Å².